The van der Waals surface area contributed by atoms with Crippen LogP contribution in [0.2, 0.25) is 0 Å². The summed E-state index contributed by atoms with van der Waals surface area (Å²) in [5.74, 6) is 1.47. The fourth-order valence-electron chi connectivity index (χ4n) is 1.60. The molecule has 0 aliphatic carbocycles. The van der Waals surface area contributed by atoms with Gasteiger partial charge in [0.05, 0.1) is 4.47 Å². The lowest BCUT2D eigenvalue weighted by Crippen LogP contribution is -2.06. The molecule has 0 fully saturated rings. The molecule has 0 unspecified atom stereocenters. The summed E-state index contributed by atoms with van der Waals surface area (Å²) >= 11 is 4.99. The van der Waals surface area contributed by atoms with E-state index in [4.69, 9.17) is 4.74 Å². The fraction of sp³-hybridized carbons (Fsp3) is 0.357. The van der Waals surface area contributed by atoms with Crippen molar-refractivity contribution in [1.29, 1.82) is 0 Å². The minimum Gasteiger partial charge on any atom is -0.374 e. The van der Waals surface area contributed by atoms with E-state index in [-0.39, 0.29) is 0 Å². The zero-order chi connectivity index (χ0) is 15.1. The first kappa shape index (κ1) is 16.2. The van der Waals surface area contributed by atoms with Crippen molar-refractivity contribution in [3.63, 3.8) is 0 Å². The Kier molecular flexibility index (Phi) is 6.41. The largest absolute Gasteiger partial charge is 0.374 e. The molecular formula is C14H17BrN4OS. The van der Waals surface area contributed by atoms with E-state index in [1.165, 1.54) is 11.8 Å². The molecule has 0 saturated carbocycles. The van der Waals surface area contributed by atoms with E-state index >= 15 is 0 Å². The number of nitrogens with one attached hydrogen (secondary N) is 1. The summed E-state index contributed by atoms with van der Waals surface area (Å²) in [5.41, 5.74) is 0. The van der Waals surface area contributed by atoms with Gasteiger partial charge < -0.3 is 10.1 Å². The molecule has 0 atom stereocenters. The molecule has 0 aromatic carbocycles. The number of nitrogens with zero attached hydrogens (tertiary/aromatic N) is 3. The normalized spacial score (nSPS) is 10.6. The Morgan fingerprint density at radius 1 is 1.33 bits per heavy atom. The van der Waals surface area contributed by atoms with Gasteiger partial charge in [-0.2, -0.15) is 0 Å². The van der Waals surface area contributed by atoms with Crippen molar-refractivity contribution in [2.75, 3.05) is 18.5 Å². The molecule has 0 saturated heterocycles. The maximum atomic E-state index is 5.39. The van der Waals surface area contributed by atoms with Crippen LogP contribution in [0.25, 0.3) is 0 Å². The van der Waals surface area contributed by atoms with Crippen molar-refractivity contribution in [1.82, 2.24) is 15.0 Å². The van der Waals surface area contributed by atoms with Gasteiger partial charge in [-0.15, -0.1) is 0 Å². The summed E-state index contributed by atoms with van der Waals surface area (Å²) in [5, 5.41) is 4.93. The van der Waals surface area contributed by atoms with Crippen LogP contribution in [0.3, 0.4) is 0 Å². The van der Waals surface area contributed by atoms with Crippen molar-refractivity contribution >= 4 is 33.5 Å². The van der Waals surface area contributed by atoms with Crippen LogP contribution < -0.4 is 5.32 Å². The van der Waals surface area contributed by atoms with Crippen molar-refractivity contribution in [3.8, 4) is 0 Å². The highest BCUT2D eigenvalue weighted by Crippen LogP contribution is 2.31. The molecule has 112 valence electrons. The molecule has 0 aliphatic rings. The SMILES string of the molecule is CCNc1cc(Sc2ncccc2Br)nc(COCC)n1. The zero-order valence-electron chi connectivity index (χ0n) is 12.0. The van der Waals surface area contributed by atoms with Crippen molar-refractivity contribution in [2.24, 2.45) is 0 Å². The van der Waals surface area contributed by atoms with Crippen LogP contribution in [0.15, 0.2) is 38.9 Å². The smallest absolute Gasteiger partial charge is 0.157 e. The first-order valence-electron chi connectivity index (χ1n) is 6.70. The van der Waals surface area contributed by atoms with E-state index in [9.17, 15) is 0 Å². The summed E-state index contributed by atoms with van der Waals surface area (Å²) in [6.07, 6.45) is 1.76. The maximum Gasteiger partial charge on any atom is 0.157 e. The number of aromatic nitrogens is 3. The lowest BCUT2D eigenvalue weighted by atomic mass is 10.5. The highest BCUT2D eigenvalue weighted by molar-refractivity contribution is 9.10. The molecule has 21 heavy (non-hydrogen) atoms. The Balaban J connectivity index is 2.24. The maximum absolute atomic E-state index is 5.39. The molecule has 0 spiro atoms. The van der Waals surface area contributed by atoms with E-state index in [0.717, 1.165) is 26.9 Å². The van der Waals surface area contributed by atoms with Gasteiger partial charge in [0.1, 0.15) is 22.5 Å². The lowest BCUT2D eigenvalue weighted by molar-refractivity contribution is 0.128. The first-order valence-corrected chi connectivity index (χ1v) is 8.31. The van der Waals surface area contributed by atoms with Crippen LogP contribution in [-0.4, -0.2) is 28.1 Å². The van der Waals surface area contributed by atoms with E-state index in [2.05, 4.69) is 36.2 Å². The Labute approximate surface area is 137 Å². The monoisotopic (exact) mass is 368 g/mol. The molecule has 0 radical (unpaired) electrons. The van der Waals surface area contributed by atoms with Gasteiger partial charge in [0, 0.05) is 25.4 Å². The number of anilines is 1. The van der Waals surface area contributed by atoms with Gasteiger partial charge in [-0.25, -0.2) is 15.0 Å². The minimum atomic E-state index is 0.409. The van der Waals surface area contributed by atoms with Gasteiger partial charge in [-0.05, 0) is 53.7 Å². The van der Waals surface area contributed by atoms with Crippen molar-refractivity contribution in [2.45, 2.75) is 30.5 Å². The predicted octanol–water partition coefficient (Wildman–Crippen LogP) is 3.75. The summed E-state index contributed by atoms with van der Waals surface area (Å²) in [6.45, 7) is 5.85. The Hall–Kier alpha value is -1.18. The Morgan fingerprint density at radius 2 is 2.19 bits per heavy atom. The van der Waals surface area contributed by atoms with Gasteiger partial charge in [-0.3, -0.25) is 0 Å². The standard InChI is InChI=1S/C14H17BrN4OS/c1-3-16-11-8-13(19-12(18-11)9-20-4-2)21-14-10(15)6-5-7-17-14/h5-8H,3-4,9H2,1-2H3,(H,16,18,19). The second-order valence-electron chi connectivity index (χ2n) is 4.07. The molecule has 2 aromatic rings. The third kappa shape index (κ3) is 4.94. The van der Waals surface area contributed by atoms with Crippen LogP contribution >= 0.6 is 27.7 Å². The number of pyridine rings is 1. The van der Waals surface area contributed by atoms with Gasteiger partial charge in [0.15, 0.2) is 5.82 Å². The average molecular weight is 369 g/mol. The molecule has 0 bridgehead atoms. The summed E-state index contributed by atoms with van der Waals surface area (Å²) in [4.78, 5) is 13.3. The van der Waals surface area contributed by atoms with Crippen molar-refractivity contribution in [3.05, 3.63) is 34.7 Å². The van der Waals surface area contributed by atoms with Gasteiger partial charge in [-0.1, -0.05) is 0 Å². The molecule has 2 heterocycles. The second kappa shape index (κ2) is 8.31. The average Bonchev–Trinajstić information content (AvgIpc) is 2.48. The molecule has 5 nitrogen and oxygen atoms in total. The number of rotatable bonds is 7. The number of hydrogen-bond acceptors (Lipinski definition) is 6. The molecular weight excluding hydrogens is 352 g/mol. The van der Waals surface area contributed by atoms with E-state index in [0.29, 0.717) is 19.0 Å². The first-order chi connectivity index (χ1) is 10.2. The molecule has 2 rings (SSSR count). The van der Waals surface area contributed by atoms with Gasteiger partial charge >= 0.3 is 0 Å². The molecule has 2 aromatic heterocycles. The quantitative estimate of drug-likeness (QED) is 0.750. The van der Waals surface area contributed by atoms with Crippen molar-refractivity contribution < 1.29 is 4.74 Å². The predicted molar refractivity (Wildman–Crippen MR) is 87.6 cm³/mol. The zero-order valence-corrected chi connectivity index (χ0v) is 14.4. The molecule has 0 aliphatic heterocycles. The third-order valence-electron chi connectivity index (χ3n) is 2.47. The van der Waals surface area contributed by atoms with Crippen LogP contribution in [0.5, 0.6) is 0 Å². The molecule has 7 heteroatoms. The van der Waals surface area contributed by atoms with Crippen LogP contribution in [0.4, 0.5) is 5.82 Å². The highest BCUT2D eigenvalue weighted by Gasteiger charge is 2.09. The van der Waals surface area contributed by atoms with Crippen LogP contribution in [-0.2, 0) is 11.3 Å². The second-order valence-corrected chi connectivity index (χ2v) is 5.93. The Bertz CT molecular complexity index is 597. The highest BCUT2D eigenvalue weighted by atomic mass is 79.9. The minimum absolute atomic E-state index is 0.409. The van der Waals surface area contributed by atoms with Gasteiger partial charge in [0.25, 0.3) is 0 Å². The molecule has 1 N–H and O–H groups in total. The van der Waals surface area contributed by atoms with E-state index in [1.54, 1.807) is 6.20 Å². The number of ether oxygens (including phenoxy) is 1. The summed E-state index contributed by atoms with van der Waals surface area (Å²) in [7, 11) is 0. The van der Waals surface area contributed by atoms with E-state index in [1.807, 2.05) is 32.0 Å². The van der Waals surface area contributed by atoms with Crippen LogP contribution in [0, 0.1) is 0 Å². The summed E-state index contributed by atoms with van der Waals surface area (Å²) in [6, 6.07) is 5.77. The molecule has 0 amide bonds. The number of halogens is 1. The third-order valence-corrected chi connectivity index (χ3v) is 4.31. The van der Waals surface area contributed by atoms with Crippen LogP contribution in [0.1, 0.15) is 19.7 Å². The topological polar surface area (TPSA) is 59.9 Å². The van der Waals surface area contributed by atoms with Gasteiger partial charge in [0.2, 0.25) is 0 Å². The number of hydrogen-bond donors (Lipinski definition) is 1. The lowest BCUT2D eigenvalue weighted by Gasteiger charge is -2.09. The summed E-state index contributed by atoms with van der Waals surface area (Å²) < 4.78 is 6.34. The fourth-order valence-corrected chi connectivity index (χ4v) is 2.90. The Morgan fingerprint density at radius 3 is 2.90 bits per heavy atom. The van der Waals surface area contributed by atoms with E-state index < -0.39 is 0 Å².